The van der Waals surface area contributed by atoms with Crippen LogP contribution in [-0.4, -0.2) is 48.6 Å². The second kappa shape index (κ2) is 8.93. The van der Waals surface area contributed by atoms with Crippen LogP contribution < -0.4 is 5.32 Å². The summed E-state index contributed by atoms with van der Waals surface area (Å²) in [6.45, 7) is 2.26. The number of rotatable bonds is 5. The lowest BCUT2D eigenvalue weighted by molar-refractivity contribution is -0.356. The number of benzene rings is 1. The highest BCUT2D eigenvalue weighted by atomic mass is 127. The summed E-state index contributed by atoms with van der Waals surface area (Å²) in [5.41, 5.74) is -6.46. The summed E-state index contributed by atoms with van der Waals surface area (Å²) in [7, 11) is -5.90. The molecule has 0 saturated carbocycles. The molecule has 1 aromatic carbocycles. The molecule has 0 bridgehead atoms. The van der Waals surface area contributed by atoms with Crippen molar-refractivity contribution < 1.29 is 53.6 Å². The molecule has 0 aliphatic heterocycles. The number of hydrogen-bond donors (Lipinski definition) is 2. The van der Waals surface area contributed by atoms with Crippen molar-refractivity contribution in [1.29, 1.82) is 0 Å². The van der Waals surface area contributed by atoms with Crippen molar-refractivity contribution in [3.8, 4) is 0 Å². The van der Waals surface area contributed by atoms with E-state index in [4.69, 9.17) is 4.55 Å². The zero-order chi connectivity index (χ0) is 23.9. The molecule has 16 heteroatoms. The number of aryl methyl sites for hydroxylation is 1. The summed E-state index contributed by atoms with van der Waals surface area (Å²) in [6.07, 6.45) is -12.9. The smallest absolute Gasteiger partial charge is 0.435 e. The molecule has 1 aromatic rings. The number of carbonyl (C=O) groups is 2. The fourth-order valence-electron chi connectivity index (χ4n) is 2.21. The van der Waals surface area contributed by atoms with Gasteiger partial charge >= 0.3 is 23.9 Å². The topological polar surface area (TPSA) is 110 Å². The Kier molecular flexibility index (Phi) is 8.08. The maximum atomic E-state index is 13.4. The van der Waals surface area contributed by atoms with E-state index in [1.54, 1.807) is 22.6 Å². The van der Waals surface area contributed by atoms with E-state index in [1.807, 2.05) is 0 Å². The lowest BCUT2D eigenvalue weighted by Gasteiger charge is -2.35. The summed E-state index contributed by atoms with van der Waals surface area (Å²) in [5.74, 6) is -5.78. The van der Waals surface area contributed by atoms with Gasteiger partial charge < -0.3 is 10.1 Å². The minimum Gasteiger partial charge on any atom is -0.435 e. The van der Waals surface area contributed by atoms with E-state index >= 15 is 0 Å². The molecular weight excluding hydrogens is 678 g/mol. The van der Waals surface area contributed by atoms with Gasteiger partial charge in [0.2, 0.25) is 5.91 Å². The van der Waals surface area contributed by atoms with Crippen LogP contribution in [0.25, 0.3) is 0 Å². The van der Waals surface area contributed by atoms with Crippen LogP contribution in [0.15, 0.2) is 6.07 Å². The summed E-state index contributed by atoms with van der Waals surface area (Å²) < 4.78 is 115. The van der Waals surface area contributed by atoms with Crippen molar-refractivity contribution in [2.24, 2.45) is 0 Å². The maximum Gasteiger partial charge on any atom is 0.438 e. The predicted molar refractivity (Wildman–Crippen MR) is 108 cm³/mol. The molecule has 1 rings (SSSR count). The summed E-state index contributed by atoms with van der Waals surface area (Å²) in [6, 6.07) is 1.19. The fraction of sp³-hybridized carbons (Fsp3) is 0.429. The minimum absolute atomic E-state index is 0.0688. The van der Waals surface area contributed by atoms with Gasteiger partial charge in [-0.25, -0.2) is 4.79 Å². The van der Waals surface area contributed by atoms with Crippen molar-refractivity contribution in [2.75, 3.05) is 11.1 Å². The van der Waals surface area contributed by atoms with Crippen molar-refractivity contribution in [2.45, 2.75) is 31.8 Å². The van der Waals surface area contributed by atoms with Gasteiger partial charge in [-0.1, -0.05) is 0 Å². The lowest BCUT2D eigenvalue weighted by atomic mass is 10.0. The molecule has 0 saturated heterocycles. The van der Waals surface area contributed by atoms with Gasteiger partial charge in [-0.15, -0.1) is 0 Å². The molecule has 0 aromatic heterocycles. The Hall–Kier alpha value is -0.890. The third kappa shape index (κ3) is 5.87. The SMILES string of the molecule is CC(=O)Nc1c(I)cc(C)c(C(=O)OC(CS(=O)(=O)O)(C(F)(F)F)C(F)(F)F)c1I. The number of amides is 1. The molecule has 1 amide bonds. The molecule has 0 fully saturated rings. The molecular formula is C14H11F6I2NO6S. The number of halogens is 8. The molecule has 0 unspecified atom stereocenters. The van der Waals surface area contributed by atoms with Crippen LogP contribution in [-0.2, 0) is 19.6 Å². The van der Waals surface area contributed by atoms with Gasteiger partial charge in [-0.3, -0.25) is 9.35 Å². The second-order valence-corrected chi connectivity index (χ2v) is 9.55. The van der Waals surface area contributed by atoms with Crippen LogP contribution in [0.2, 0.25) is 0 Å². The highest BCUT2D eigenvalue weighted by Gasteiger charge is 2.76. The van der Waals surface area contributed by atoms with Crippen LogP contribution in [0, 0.1) is 14.1 Å². The molecule has 0 atom stereocenters. The van der Waals surface area contributed by atoms with Crippen LogP contribution in [0.1, 0.15) is 22.8 Å². The molecule has 0 radical (unpaired) electrons. The molecule has 30 heavy (non-hydrogen) atoms. The number of anilines is 1. The van der Waals surface area contributed by atoms with Gasteiger partial charge in [-0.2, -0.15) is 34.8 Å². The van der Waals surface area contributed by atoms with Crippen molar-refractivity contribution in [1.82, 2.24) is 0 Å². The zero-order valence-electron chi connectivity index (χ0n) is 14.7. The third-order valence-corrected chi connectivity index (χ3v) is 6.19. The van der Waals surface area contributed by atoms with Crippen LogP contribution in [0.4, 0.5) is 32.0 Å². The number of carbonyl (C=O) groups excluding carboxylic acids is 2. The molecule has 2 N–H and O–H groups in total. The average Bonchev–Trinajstić information content (AvgIpc) is 2.46. The lowest BCUT2D eigenvalue weighted by Crippen LogP contribution is -2.63. The Balaban J connectivity index is 3.71. The van der Waals surface area contributed by atoms with E-state index in [9.17, 15) is 44.3 Å². The third-order valence-electron chi connectivity index (χ3n) is 3.49. The number of alkyl halides is 6. The van der Waals surface area contributed by atoms with E-state index in [1.165, 1.54) is 35.6 Å². The molecule has 0 aliphatic carbocycles. The van der Waals surface area contributed by atoms with Crippen LogP contribution in [0.3, 0.4) is 0 Å². The summed E-state index contributed by atoms with van der Waals surface area (Å²) >= 11 is 3.12. The Labute approximate surface area is 192 Å². The van der Waals surface area contributed by atoms with Gasteiger partial charge in [-0.05, 0) is 63.7 Å². The first-order chi connectivity index (χ1) is 13.2. The highest BCUT2D eigenvalue weighted by molar-refractivity contribution is 14.1. The van der Waals surface area contributed by atoms with Crippen molar-refractivity contribution in [3.63, 3.8) is 0 Å². The Bertz CT molecular complexity index is 963. The quantitative estimate of drug-likeness (QED) is 0.209. The number of esters is 1. The van der Waals surface area contributed by atoms with Gasteiger partial charge in [0, 0.05) is 10.5 Å². The van der Waals surface area contributed by atoms with E-state index in [0.717, 1.165) is 6.92 Å². The largest absolute Gasteiger partial charge is 0.438 e. The molecule has 0 spiro atoms. The molecule has 0 heterocycles. The monoisotopic (exact) mass is 689 g/mol. The Morgan fingerprint density at radius 1 is 1.13 bits per heavy atom. The van der Waals surface area contributed by atoms with Gasteiger partial charge in [0.15, 0.2) is 0 Å². The van der Waals surface area contributed by atoms with Gasteiger partial charge in [0.05, 0.1) is 14.8 Å². The van der Waals surface area contributed by atoms with E-state index < -0.39 is 51.3 Å². The molecule has 7 nitrogen and oxygen atoms in total. The first-order valence-electron chi connectivity index (χ1n) is 7.31. The normalized spacial score (nSPS) is 13.2. The van der Waals surface area contributed by atoms with Gasteiger partial charge in [0.1, 0.15) is 5.75 Å². The number of nitrogens with one attached hydrogen (secondary N) is 1. The van der Waals surface area contributed by atoms with Crippen molar-refractivity contribution in [3.05, 3.63) is 24.3 Å². The second-order valence-electron chi connectivity index (χ2n) is 5.86. The fourth-order valence-corrected chi connectivity index (χ4v) is 5.57. The summed E-state index contributed by atoms with van der Waals surface area (Å²) in [5, 5.41) is 2.28. The van der Waals surface area contributed by atoms with Crippen molar-refractivity contribution >= 4 is 72.9 Å². The Morgan fingerprint density at radius 3 is 1.97 bits per heavy atom. The number of hydrogen-bond acceptors (Lipinski definition) is 5. The first-order valence-corrected chi connectivity index (χ1v) is 11.1. The predicted octanol–water partition coefficient (Wildman–Crippen LogP) is 4.07. The van der Waals surface area contributed by atoms with E-state index in [2.05, 4.69) is 10.1 Å². The van der Waals surface area contributed by atoms with Crippen LogP contribution >= 0.6 is 45.2 Å². The Morgan fingerprint density at radius 2 is 1.60 bits per heavy atom. The minimum atomic E-state index is -6.44. The van der Waals surface area contributed by atoms with E-state index in [-0.39, 0.29) is 14.8 Å². The standard InChI is InChI=1S/C14H11F6I2NO6S/c1-5-3-7(21)10(23-6(2)24)9(22)8(5)11(25)29-12(13(15,16)17,14(18,19)20)4-30(26,27)28/h3H,4H2,1-2H3,(H,23,24)(H,26,27,28). The highest BCUT2D eigenvalue weighted by Crippen LogP contribution is 2.47. The molecule has 0 aliphatic rings. The summed E-state index contributed by atoms with van der Waals surface area (Å²) in [4.78, 5) is 23.7. The van der Waals surface area contributed by atoms with Crippen LogP contribution in [0.5, 0.6) is 0 Å². The van der Waals surface area contributed by atoms with Gasteiger partial charge in [0.25, 0.3) is 10.1 Å². The molecule has 170 valence electrons. The first kappa shape index (κ1) is 27.1. The number of ether oxygens (including phenoxy) is 1. The maximum absolute atomic E-state index is 13.4. The van der Waals surface area contributed by atoms with E-state index in [0.29, 0.717) is 3.57 Å². The zero-order valence-corrected chi connectivity index (χ0v) is 19.8. The average molecular weight is 689 g/mol.